The van der Waals surface area contributed by atoms with Gasteiger partial charge in [-0.15, -0.1) is 11.3 Å². The first-order valence-electron chi connectivity index (χ1n) is 10.0. The van der Waals surface area contributed by atoms with Gasteiger partial charge < -0.3 is 14.5 Å². The van der Waals surface area contributed by atoms with Crippen LogP contribution in [0.15, 0.2) is 4.79 Å². The number of nitrogens with zero attached hydrogens (tertiary/aromatic N) is 2. The van der Waals surface area contributed by atoms with Crippen LogP contribution in [-0.2, 0) is 26.0 Å². The Balaban J connectivity index is 1.73. The van der Waals surface area contributed by atoms with Gasteiger partial charge >= 0.3 is 5.97 Å². The Bertz CT molecular complexity index is 1090. The van der Waals surface area contributed by atoms with E-state index in [0.717, 1.165) is 37.0 Å². The maximum absolute atomic E-state index is 12.7. The fourth-order valence-corrected chi connectivity index (χ4v) is 5.32. The van der Waals surface area contributed by atoms with Crippen molar-refractivity contribution in [3.63, 3.8) is 0 Å². The minimum atomic E-state index is -3.22. The second kappa shape index (κ2) is 10.2. The van der Waals surface area contributed by atoms with Gasteiger partial charge in [-0.25, -0.2) is 22.9 Å². The van der Waals surface area contributed by atoms with Crippen LogP contribution in [-0.4, -0.2) is 75.5 Å². The van der Waals surface area contributed by atoms with Crippen LogP contribution in [0.2, 0.25) is 0 Å². The minimum Gasteiger partial charge on any atom is -0.459 e. The minimum absolute atomic E-state index is 0.141. The van der Waals surface area contributed by atoms with Crippen LogP contribution in [0.25, 0.3) is 10.2 Å². The molecule has 2 aromatic rings. The molecule has 31 heavy (non-hydrogen) atoms. The number of hydrogen-bond acceptors (Lipinski definition) is 9. The highest BCUT2D eigenvalue weighted by Gasteiger charge is 2.23. The first kappa shape index (κ1) is 23.8. The van der Waals surface area contributed by atoms with Gasteiger partial charge in [0, 0.05) is 20.2 Å². The molecule has 3 heterocycles. The lowest BCUT2D eigenvalue weighted by Crippen LogP contribution is -2.40. The van der Waals surface area contributed by atoms with Crippen LogP contribution < -0.4 is 10.3 Å². The molecular weight excluding hydrogens is 444 g/mol. The number of carbonyl (C=O) groups is 1. The van der Waals surface area contributed by atoms with Crippen molar-refractivity contribution in [3.05, 3.63) is 26.6 Å². The molecule has 1 fully saturated rings. The number of piperidine rings is 1. The van der Waals surface area contributed by atoms with Crippen LogP contribution in [0.1, 0.15) is 33.9 Å². The SMILES string of the molecule is COCCOC(=O)c1sc2nc(CN3CCCC(CNS(C)(=O)=O)C3)[nH]c(=O)c2c1C. The molecule has 0 bridgehead atoms. The monoisotopic (exact) mass is 472 g/mol. The lowest BCUT2D eigenvalue weighted by Gasteiger charge is -2.32. The molecule has 172 valence electrons. The Labute approximate surface area is 185 Å². The molecule has 1 saturated heterocycles. The average molecular weight is 473 g/mol. The van der Waals surface area contributed by atoms with Crippen molar-refractivity contribution in [1.29, 1.82) is 0 Å². The lowest BCUT2D eigenvalue weighted by molar-refractivity contribution is 0.0393. The Morgan fingerprint density at radius 3 is 2.87 bits per heavy atom. The summed E-state index contributed by atoms with van der Waals surface area (Å²) in [5.74, 6) is 0.238. The molecular formula is C19H28N4O6S2. The molecule has 1 aliphatic heterocycles. The molecule has 2 N–H and O–H groups in total. The van der Waals surface area contributed by atoms with Crippen molar-refractivity contribution in [2.75, 3.05) is 46.2 Å². The van der Waals surface area contributed by atoms with E-state index in [9.17, 15) is 18.0 Å². The molecule has 10 nitrogen and oxygen atoms in total. The number of nitrogens with one attached hydrogen (secondary N) is 2. The zero-order valence-corrected chi connectivity index (χ0v) is 19.5. The summed E-state index contributed by atoms with van der Waals surface area (Å²) in [7, 11) is -1.69. The molecule has 12 heteroatoms. The third-order valence-corrected chi connectivity index (χ3v) is 7.02. The number of aromatic amines is 1. The molecule has 1 atom stereocenters. The number of ether oxygens (including phenoxy) is 2. The fourth-order valence-electron chi connectivity index (χ4n) is 3.68. The Hall–Kier alpha value is -1.86. The topological polar surface area (TPSA) is 131 Å². The Morgan fingerprint density at radius 2 is 2.16 bits per heavy atom. The van der Waals surface area contributed by atoms with Gasteiger partial charge in [-0.05, 0) is 37.8 Å². The summed E-state index contributed by atoms with van der Waals surface area (Å²) in [6.45, 7) is 4.56. The fraction of sp³-hybridized carbons (Fsp3) is 0.632. The van der Waals surface area contributed by atoms with E-state index in [1.54, 1.807) is 6.92 Å². The van der Waals surface area contributed by atoms with Crippen molar-refractivity contribution >= 4 is 37.5 Å². The number of likely N-dealkylation sites (tertiary alicyclic amines) is 1. The summed E-state index contributed by atoms with van der Waals surface area (Å²) >= 11 is 1.15. The van der Waals surface area contributed by atoms with E-state index in [1.807, 2.05) is 0 Å². The number of methoxy groups -OCH3 is 1. The largest absolute Gasteiger partial charge is 0.459 e. The molecule has 0 amide bonds. The highest BCUT2D eigenvalue weighted by molar-refractivity contribution is 7.88. The van der Waals surface area contributed by atoms with Gasteiger partial charge in [-0.3, -0.25) is 9.69 Å². The average Bonchev–Trinajstić information content (AvgIpc) is 3.03. The lowest BCUT2D eigenvalue weighted by atomic mass is 9.98. The predicted molar refractivity (Wildman–Crippen MR) is 118 cm³/mol. The molecule has 1 aliphatic rings. The summed E-state index contributed by atoms with van der Waals surface area (Å²) < 4.78 is 35.3. The number of thiophene rings is 1. The summed E-state index contributed by atoms with van der Waals surface area (Å²) in [5, 5.41) is 0.404. The standard InChI is InChI=1S/C19H28N4O6S2/c1-12-15-17(24)21-14(22-18(15)30-16(12)19(25)29-8-7-28-2)11-23-6-4-5-13(10-23)9-20-31(3,26)27/h13,20H,4-11H2,1-3H3,(H,21,22,24). The molecule has 3 rings (SSSR count). The van der Waals surface area contributed by atoms with Crippen LogP contribution in [0.5, 0.6) is 0 Å². The number of carbonyl (C=O) groups excluding carboxylic acids is 1. The first-order valence-corrected chi connectivity index (χ1v) is 12.7. The van der Waals surface area contributed by atoms with Crippen LogP contribution in [0.3, 0.4) is 0 Å². The van der Waals surface area contributed by atoms with Crippen molar-refractivity contribution < 1.29 is 22.7 Å². The van der Waals surface area contributed by atoms with Gasteiger partial charge in [-0.2, -0.15) is 0 Å². The van der Waals surface area contributed by atoms with Crippen LogP contribution in [0, 0.1) is 12.8 Å². The third-order valence-electron chi connectivity index (χ3n) is 5.17. The number of esters is 1. The zero-order chi connectivity index (χ0) is 22.6. The van der Waals surface area contributed by atoms with E-state index >= 15 is 0 Å². The van der Waals surface area contributed by atoms with Crippen molar-refractivity contribution in [2.24, 2.45) is 5.92 Å². The quantitative estimate of drug-likeness (QED) is 0.406. The molecule has 0 aromatic carbocycles. The summed E-state index contributed by atoms with van der Waals surface area (Å²) in [4.78, 5) is 35.4. The normalized spacial score (nSPS) is 17.8. The number of aryl methyl sites for hydroxylation is 1. The van der Waals surface area contributed by atoms with Gasteiger partial charge in [-0.1, -0.05) is 0 Å². The van der Waals surface area contributed by atoms with Crippen LogP contribution in [0.4, 0.5) is 0 Å². The highest BCUT2D eigenvalue weighted by Crippen LogP contribution is 2.28. The summed E-state index contributed by atoms with van der Waals surface area (Å²) in [6, 6.07) is 0. The second-order valence-corrected chi connectivity index (χ2v) is 10.6. The highest BCUT2D eigenvalue weighted by atomic mass is 32.2. The molecule has 0 spiro atoms. The number of sulfonamides is 1. The number of fused-ring (bicyclic) bond motifs is 1. The maximum Gasteiger partial charge on any atom is 0.348 e. The van der Waals surface area contributed by atoms with Crippen molar-refractivity contribution in [2.45, 2.75) is 26.3 Å². The Morgan fingerprint density at radius 1 is 1.39 bits per heavy atom. The van der Waals surface area contributed by atoms with Gasteiger partial charge in [0.15, 0.2) is 0 Å². The van der Waals surface area contributed by atoms with Gasteiger partial charge in [0.05, 0.1) is 24.8 Å². The Kier molecular flexibility index (Phi) is 7.81. The zero-order valence-electron chi connectivity index (χ0n) is 17.9. The number of rotatable bonds is 9. The van der Waals surface area contributed by atoms with Gasteiger partial charge in [0.1, 0.15) is 22.1 Å². The number of H-pyrrole nitrogens is 1. The molecule has 1 unspecified atom stereocenters. The molecule has 0 aliphatic carbocycles. The van der Waals surface area contributed by atoms with E-state index < -0.39 is 16.0 Å². The van der Waals surface area contributed by atoms with Gasteiger partial charge in [0.25, 0.3) is 5.56 Å². The van der Waals surface area contributed by atoms with Crippen LogP contribution >= 0.6 is 11.3 Å². The predicted octanol–water partition coefficient (Wildman–Crippen LogP) is 0.857. The third kappa shape index (κ3) is 6.32. The first-order chi connectivity index (χ1) is 14.7. The summed E-state index contributed by atoms with van der Waals surface area (Å²) in [6.07, 6.45) is 3.04. The van der Waals surface area contributed by atoms with Crippen molar-refractivity contribution in [3.8, 4) is 0 Å². The molecule has 0 saturated carbocycles. The summed E-state index contributed by atoms with van der Waals surface area (Å²) in [5.41, 5.74) is 0.282. The van der Waals surface area contributed by atoms with E-state index in [-0.39, 0.29) is 18.1 Å². The van der Waals surface area contributed by atoms with Crippen molar-refractivity contribution in [1.82, 2.24) is 19.6 Å². The smallest absolute Gasteiger partial charge is 0.348 e. The van der Waals surface area contributed by atoms with E-state index in [0.29, 0.717) is 52.7 Å². The van der Waals surface area contributed by atoms with E-state index in [1.165, 1.54) is 7.11 Å². The number of aromatic nitrogens is 2. The molecule has 2 aromatic heterocycles. The van der Waals surface area contributed by atoms with Gasteiger partial charge in [0.2, 0.25) is 10.0 Å². The molecule has 0 radical (unpaired) electrons. The van der Waals surface area contributed by atoms with E-state index in [2.05, 4.69) is 19.6 Å². The maximum atomic E-state index is 12.7. The second-order valence-electron chi connectivity index (χ2n) is 7.74. The van der Waals surface area contributed by atoms with E-state index in [4.69, 9.17) is 9.47 Å². The number of hydrogen-bond donors (Lipinski definition) is 2.